The molecule has 1 N–H and O–H groups in total. The highest BCUT2D eigenvalue weighted by atomic mass is 127. The molecule has 0 fully saturated rings. The highest BCUT2D eigenvalue weighted by molar-refractivity contribution is 14.1. The van der Waals surface area contributed by atoms with Crippen molar-refractivity contribution in [1.82, 2.24) is 0 Å². The van der Waals surface area contributed by atoms with Crippen LogP contribution in [0, 0.1) is 3.57 Å². The summed E-state index contributed by atoms with van der Waals surface area (Å²) in [4.78, 5) is 1.27. The van der Waals surface area contributed by atoms with Gasteiger partial charge < -0.3 is 5.11 Å². The van der Waals surface area contributed by atoms with Crippen LogP contribution in [0.2, 0.25) is 0 Å². The van der Waals surface area contributed by atoms with Gasteiger partial charge in [0.2, 0.25) is 0 Å². The van der Waals surface area contributed by atoms with E-state index in [4.69, 9.17) is 5.11 Å². The van der Waals surface area contributed by atoms with Crippen LogP contribution < -0.4 is 0 Å². The van der Waals surface area contributed by atoms with Crippen LogP contribution in [0.4, 0.5) is 0 Å². The molecule has 0 bridgehead atoms. The third-order valence-electron chi connectivity index (χ3n) is 1.40. The molecule has 0 unspecified atom stereocenters. The molecule has 60 valence electrons. The molecule has 1 rings (SSSR count). The van der Waals surface area contributed by atoms with Crippen LogP contribution in [0.15, 0.2) is 23.1 Å². The van der Waals surface area contributed by atoms with Crippen LogP contribution in [0.1, 0.15) is 5.56 Å². The van der Waals surface area contributed by atoms with Gasteiger partial charge in [0, 0.05) is 8.47 Å². The molecule has 3 heteroatoms. The molecule has 1 nitrogen and oxygen atoms in total. The van der Waals surface area contributed by atoms with Crippen molar-refractivity contribution in [2.45, 2.75) is 11.5 Å². The monoisotopic (exact) mass is 280 g/mol. The maximum atomic E-state index is 8.82. The van der Waals surface area contributed by atoms with E-state index in [0.717, 1.165) is 5.56 Å². The zero-order valence-corrected chi connectivity index (χ0v) is 9.15. The lowest BCUT2D eigenvalue weighted by atomic mass is 10.2. The molecule has 1 aromatic rings. The van der Waals surface area contributed by atoms with Gasteiger partial charge in [0.05, 0.1) is 6.61 Å². The Morgan fingerprint density at radius 3 is 2.73 bits per heavy atom. The van der Waals surface area contributed by atoms with Crippen molar-refractivity contribution in [3.8, 4) is 0 Å². The quantitative estimate of drug-likeness (QED) is 0.663. The fourth-order valence-corrected chi connectivity index (χ4v) is 2.51. The van der Waals surface area contributed by atoms with Gasteiger partial charge in [-0.3, -0.25) is 0 Å². The van der Waals surface area contributed by atoms with Crippen molar-refractivity contribution in [2.75, 3.05) is 6.26 Å². The average molecular weight is 280 g/mol. The van der Waals surface area contributed by atoms with E-state index in [2.05, 4.69) is 28.8 Å². The molecule has 0 amide bonds. The molecular formula is C8H9IOS. The first kappa shape index (κ1) is 9.35. The van der Waals surface area contributed by atoms with Crippen molar-refractivity contribution in [1.29, 1.82) is 0 Å². The van der Waals surface area contributed by atoms with E-state index in [0.29, 0.717) is 0 Å². The third kappa shape index (κ3) is 2.35. The smallest absolute Gasteiger partial charge is 0.0682 e. The lowest BCUT2D eigenvalue weighted by Gasteiger charge is -2.01. The van der Waals surface area contributed by atoms with Crippen LogP contribution in [0.5, 0.6) is 0 Å². The zero-order chi connectivity index (χ0) is 8.27. The Bertz CT molecular complexity index is 250. The van der Waals surface area contributed by atoms with Crippen LogP contribution in [0.3, 0.4) is 0 Å². The van der Waals surface area contributed by atoms with Crippen molar-refractivity contribution >= 4 is 34.4 Å². The van der Waals surface area contributed by atoms with Gasteiger partial charge in [-0.25, -0.2) is 0 Å². The van der Waals surface area contributed by atoms with Gasteiger partial charge in [-0.1, -0.05) is 6.07 Å². The molecule has 0 aliphatic rings. The minimum atomic E-state index is 0.130. The highest BCUT2D eigenvalue weighted by Gasteiger charge is 1.98. The third-order valence-corrected chi connectivity index (χ3v) is 3.45. The molecule has 0 atom stereocenters. The number of thioether (sulfide) groups is 1. The summed E-state index contributed by atoms with van der Waals surface area (Å²) in [6.45, 7) is 0.130. The van der Waals surface area contributed by atoms with E-state index in [1.807, 2.05) is 18.2 Å². The van der Waals surface area contributed by atoms with Gasteiger partial charge in [-0.15, -0.1) is 11.8 Å². The molecule has 0 saturated heterocycles. The van der Waals surface area contributed by atoms with Crippen molar-refractivity contribution < 1.29 is 5.11 Å². The van der Waals surface area contributed by atoms with Gasteiger partial charge >= 0.3 is 0 Å². The molecular weight excluding hydrogens is 271 g/mol. The minimum absolute atomic E-state index is 0.130. The SMILES string of the molecule is CSc1ccc(CO)cc1I. The lowest BCUT2D eigenvalue weighted by molar-refractivity contribution is 0.281. The summed E-state index contributed by atoms with van der Waals surface area (Å²) in [5.74, 6) is 0. The summed E-state index contributed by atoms with van der Waals surface area (Å²) in [5.41, 5.74) is 0.979. The summed E-state index contributed by atoms with van der Waals surface area (Å²) in [6.07, 6.45) is 2.05. The topological polar surface area (TPSA) is 20.2 Å². The highest BCUT2D eigenvalue weighted by Crippen LogP contribution is 2.22. The Morgan fingerprint density at radius 2 is 2.27 bits per heavy atom. The van der Waals surface area contributed by atoms with E-state index in [1.54, 1.807) is 11.8 Å². The summed E-state index contributed by atoms with van der Waals surface area (Å²) in [7, 11) is 0. The number of hydrogen-bond donors (Lipinski definition) is 1. The van der Waals surface area contributed by atoms with Crippen LogP contribution >= 0.6 is 34.4 Å². The molecule has 0 heterocycles. The zero-order valence-electron chi connectivity index (χ0n) is 6.17. The summed E-state index contributed by atoms with van der Waals surface area (Å²) in [6, 6.07) is 6.00. The predicted molar refractivity (Wildman–Crippen MR) is 56.9 cm³/mol. The Morgan fingerprint density at radius 1 is 1.55 bits per heavy atom. The van der Waals surface area contributed by atoms with Gasteiger partial charge in [0.25, 0.3) is 0 Å². The number of halogens is 1. The summed E-state index contributed by atoms with van der Waals surface area (Å²) >= 11 is 4.00. The number of benzene rings is 1. The summed E-state index contributed by atoms with van der Waals surface area (Å²) in [5, 5.41) is 8.82. The van der Waals surface area contributed by atoms with Gasteiger partial charge in [0.1, 0.15) is 0 Å². The molecule has 11 heavy (non-hydrogen) atoms. The second-order valence-electron chi connectivity index (χ2n) is 2.13. The van der Waals surface area contributed by atoms with E-state index >= 15 is 0 Å². The Hall–Kier alpha value is 0.260. The standard InChI is InChI=1S/C8H9IOS/c1-11-8-3-2-6(5-10)4-7(8)9/h2-4,10H,5H2,1H3. The van der Waals surface area contributed by atoms with Crippen molar-refractivity contribution in [2.24, 2.45) is 0 Å². The Labute approximate surface area is 84.3 Å². The van der Waals surface area contributed by atoms with Crippen LogP contribution in [-0.4, -0.2) is 11.4 Å². The number of hydrogen-bond acceptors (Lipinski definition) is 2. The first-order valence-electron chi connectivity index (χ1n) is 3.21. The lowest BCUT2D eigenvalue weighted by Crippen LogP contribution is -1.85. The number of rotatable bonds is 2. The second kappa shape index (κ2) is 4.33. The Kier molecular flexibility index (Phi) is 3.68. The van der Waals surface area contributed by atoms with E-state index in [-0.39, 0.29) is 6.61 Å². The molecule has 0 saturated carbocycles. The van der Waals surface area contributed by atoms with E-state index in [9.17, 15) is 0 Å². The van der Waals surface area contributed by atoms with Crippen molar-refractivity contribution in [3.05, 3.63) is 27.3 Å². The van der Waals surface area contributed by atoms with Crippen LogP contribution in [-0.2, 0) is 6.61 Å². The first-order valence-corrected chi connectivity index (χ1v) is 5.51. The Balaban J connectivity index is 2.99. The molecule has 0 radical (unpaired) electrons. The second-order valence-corrected chi connectivity index (χ2v) is 4.14. The maximum Gasteiger partial charge on any atom is 0.0682 e. The fraction of sp³-hybridized carbons (Fsp3) is 0.250. The predicted octanol–water partition coefficient (Wildman–Crippen LogP) is 2.51. The normalized spacial score (nSPS) is 10.1. The number of aliphatic hydroxyl groups excluding tert-OH is 1. The maximum absolute atomic E-state index is 8.82. The minimum Gasteiger partial charge on any atom is -0.392 e. The van der Waals surface area contributed by atoms with E-state index in [1.165, 1.54) is 8.47 Å². The van der Waals surface area contributed by atoms with Crippen molar-refractivity contribution in [3.63, 3.8) is 0 Å². The van der Waals surface area contributed by atoms with Crippen LogP contribution in [0.25, 0.3) is 0 Å². The summed E-state index contributed by atoms with van der Waals surface area (Å²) < 4.78 is 1.21. The van der Waals surface area contributed by atoms with E-state index < -0.39 is 0 Å². The molecule has 0 aromatic heterocycles. The molecule has 1 aromatic carbocycles. The first-order chi connectivity index (χ1) is 5.27. The van der Waals surface area contributed by atoms with Gasteiger partial charge in [-0.2, -0.15) is 0 Å². The van der Waals surface area contributed by atoms with Gasteiger partial charge in [-0.05, 0) is 46.5 Å². The molecule has 0 spiro atoms. The average Bonchev–Trinajstić information content (AvgIpc) is 2.04. The fourth-order valence-electron chi connectivity index (χ4n) is 0.808. The molecule has 0 aliphatic carbocycles. The largest absolute Gasteiger partial charge is 0.392 e. The molecule has 0 aliphatic heterocycles. The number of aliphatic hydroxyl groups is 1. The van der Waals surface area contributed by atoms with Gasteiger partial charge in [0.15, 0.2) is 0 Å².